The predicted octanol–water partition coefficient (Wildman–Crippen LogP) is 5.25. The zero-order valence-corrected chi connectivity index (χ0v) is 16.3. The summed E-state index contributed by atoms with van der Waals surface area (Å²) in [5, 5.41) is 0. The molecule has 0 spiro atoms. The van der Waals surface area contributed by atoms with Gasteiger partial charge in [-0.25, -0.2) is 0 Å². The Kier molecular flexibility index (Phi) is 6.67. The van der Waals surface area contributed by atoms with Crippen molar-refractivity contribution in [3.05, 3.63) is 78.1 Å². The molecule has 1 aromatic heterocycles. The van der Waals surface area contributed by atoms with Crippen molar-refractivity contribution in [2.24, 2.45) is 4.99 Å². The highest BCUT2D eigenvalue weighted by Crippen LogP contribution is 2.26. The van der Waals surface area contributed by atoms with Gasteiger partial charge in [0, 0.05) is 50.4 Å². The van der Waals surface area contributed by atoms with Crippen LogP contribution in [0.4, 0.5) is 0 Å². The average molecular weight is 345 g/mol. The number of rotatable bonds is 6. The molecular weight excluding hydrogens is 318 g/mol. The van der Waals surface area contributed by atoms with Crippen molar-refractivity contribution in [3.8, 4) is 11.3 Å². The second-order valence-electron chi connectivity index (χ2n) is 6.29. The summed E-state index contributed by atoms with van der Waals surface area (Å²) < 4.78 is 0. The smallest absolute Gasteiger partial charge is 0.0705 e. The number of aryl methyl sites for hydroxylation is 1. The van der Waals surface area contributed by atoms with Crippen LogP contribution in [0.5, 0.6) is 0 Å². The number of aliphatic imine (C=N–C) groups is 1. The molecule has 0 saturated carbocycles. The third-order valence-electron chi connectivity index (χ3n) is 4.08. The number of aromatic nitrogens is 1. The number of hydrogen-bond acceptors (Lipinski definition) is 3. The molecule has 0 bridgehead atoms. The molecule has 0 atom stereocenters. The highest BCUT2D eigenvalue weighted by atomic mass is 15.0. The Morgan fingerprint density at radius 1 is 1.15 bits per heavy atom. The molecule has 2 rings (SSSR count). The van der Waals surface area contributed by atoms with E-state index in [9.17, 15) is 0 Å². The summed E-state index contributed by atoms with van der Waals surface area (Å²) in [5.41, 5.74) is 7.45. The van der Waals surface area contributed by atoms with Crippen LogP contribution < -0.4 is 0 Å². The van der Waals surface area contributed by atoms with Crippen molar-refractivity contribution in [2.75, 3.05) is 21.1 Å². The molecule has 3 heteroatoms. The summed E-state index contributed by atoms with van der Waals surface area (Å²) in [6.07, 6.45) is 7.87. The van der Waals surface area contributed by atoms with Gasteiger partial charge in [0.25, 0.3) is 0 Å². The van der Waals surface area contributed by atoms with Crippen LogP contribution in [0.2, 0.25) is 0 Å². The highest BCUT2D eigenvalue weighted by molar-refractivity contribution is 6.10. The summed E-state index contributed by atoms with van der Waals surface area (Å²) >= 11 is 0. The fourth-order valence-corrected chi connectivity index (χ4v) is 2.85. The lowest BCUT2D eigenvalue weighted by Gasteiger charge is -2.12. The lowest BCUT2D eigenvalue weighted by molar-refractivity contribution is 0.566. The molecule has 1 aromatic carbocycles. The van der Waals surface area contributed by atoms with Crippen LogP contribution >= 0.6 is 0 Å². The molecule has 134 valence electrons. The lowest BCUT2D eigenvalue weighted by atomic mass is 10.00. The van der Waals surface area contributed by atoms with Gasteiger partial charge < -0.3 is 4.90 Å². The Hall–Kier alpha value is -2.94. The largest absolute Gasteiger partial charge is 0.383 e. The third-order valence-corrected chi connectivity index (χ3v) is 4.08. The highest BCUT2D eigenvalue weighted by Gasteiger charge is 2.08. The van der Waals surface area contributed by atoms with Gasteiger partial charge in [-0.3, -0.25) is 9.98 Å². The van der Waals surface area contributed by atoms with E-state index in [0.29, 0.717) is 0 Å². The number of benzene rings is 1. The molecule has 0 saturated heterocycles. The van der Waals surface area contributed by atoms with E-state index in [1.807, 2.05) is 45.1 Å². The first kappa shape index (κ1) is 19.4. The molecule has 0 radical (unpaired) electrons. The Morgan fingerprint density at radius 3 is 2.50 bits per heavy atom. The van der Waals surface area contributed by atoms with Crippen molar-refractivity contribution in [2.45, 2.75) is 13.8 Å². The van der Waals surface area contributed by atoms with E-state index in [4.69, 9.17) is 4.98 Å². The molecular formula is C23H27N3. The molecule has 0 aliphatic rings. The lowest BCUT2D eigenvalue weighted by Crippen LogP contribution is -2.02. The first-order valence-corrected chi connectivity index (χ1v) is 8.68. The number of pyridine rings is 1. The second kappa shape index (κ2) is 8.95. The van der Waals surface area contributed by atoms with Gasteiger partial charge >= 0.3 is 0 Å². The van der Waals surface area contributed by atoms with Gasteiger partial charge in [0.1, 0.15) is 0 Å². The number of hydrogen-bond donors (Lipinski definition) is 0. The van der Waals surface area contributed by atoms with E-state index < -0.39 is 0 Å². The summed E-state index contributed by atoms with van der Waals surface area (Å²) in [5.74, 6) is 0. The van der Waals surface area contributed by atoms with E-state index in [1.165, 1.54) is 0 Å². The van der Waals surface area contributed by atoms with Gasteiger partial charge in [-0.15, -0.1) is 0 Å². The number of nitrogens with zero attached hydrogens (tertiary/aromatic N) is 3. The fraction of sp³-hybridized carbons (Fsp3) is 0.217. The minimum atomic E-state index is 0.963. The Labute approximate surface area is 157 Å². The quantitative estimate of drug-likeness (QED) is 0.528. The van der Waals surface area contributed by atoms with Crippen LogP contribution in [0, 0.1) is 6.92 Å². The SMILES string of the molecule is C=C/C(=C\N(C)C)c1cccc(-c2ccc(C(/C=N\C)=C/C)c(C)n2)c1. The molecule has 1 heterocycles. The summed E-state index contributed by atoms with van der Waals surface area (Å²) in [6.45, 7) is 7.99. The van der Waals surface area contributed by atoms with Crippen LogP contribution in [0.15, 0.2) is 66.3 Å². The van der Waals surface area contributed by atoms with Gasteiger partial charge in [0.05, 0.1) is 5.69 Å². The monoisotopic (exact) mass is 345 g/mol. The molecule has 0 aliphatic carbocycles. The van der Waals surface area contributed by atoms with Crippen molar-refractivity contribution in [1.82, 2.24) is 9.88 Å². The van der Waals surface area contributed by atoms with E-state index in [1.54, 1.807) is 7.05 Å². The van der Waals surface area contributed by atoms with Crippen LogP contribution in [0.25, 0.3) is 22.4 Å². The van der Waals surface area contributed by atoms with E-state index in [0.717, 1.165) is 39.2 Å². The Bertz CT molecular complexity index is 871. The molecule has 0 aliphatic heterocycles. The summed E-state index contributed by atoms with van der Waals surface area (Å²) in [4.78, 5) is 11.0. The Balaban J connectivity index is 2.45. The maximum absolute atomic E-state index is 4.82. The summed E-state index contributed by atoms with van der Waals surface area (Å²) in [7, 11) is 5.80. The molecule has 3 nitrogen and oxygen atoms in total. The fourth-order valence-electron chi connectivity index (χ4n) is 2.85. The maximum atomic E-state index is 4.82. The van der Waals surface area contributed by atoms with Crippen molar-refractivity contribution in [1.29, 1.82) is 0 Å². The second-order valence-corrected chi connectivity index (χ2v) is 6.29. The molecule has 0 fully saturated rings. The van der Waals surface area contributed by atoms with Gasteiger partial charge in [-0.2, -0.15) is 0 Å². The van der Waals surface area contributed by atoms with E-state index >= 15 is 0 Å². The predicted molar refractivity (Wildman–Crippen MR) is 114 cm³/mol. The van der Waals surface area contributed by atoms with Gasteiger partial charge in [0.2, 0.25) is 0 Å². The Morgan fingerprint density at radius 2 is 1.92 bits per heavy atom. The van der Waals surface area contributed by atoms with Crippen LogP contribution in [-0.4, -0.2) is 37.2 Å². The van der Waals surface area contributed by atoms with Gasteiger partial charge in [-0.05, 0) is 42.7 Å². The zero-order valence-electron chi connectivity index (χ0n) is 16.3. The van der Waals surface area contributed by atoms with E-state index in [-0.39, 0.29) is 0 Å². The third kappa shape index (κ3) is 4.57. The van der Waals surface area contributed by atoms with Gasteiger partial charge in [0.15, 0.2) is 0 Å². The molecule has 2 aromatic rings. The minimum Gasteiger partial charge on any atom is -0.383 e. The molecule has 0 unspecified atom stereocenters. The molecule has 0 N–H and O–H groups in total. The first-order valence-electron chi connectivity index (χ1n) is 8.68. The van der Waals surface area contributed by atoms with Crippen LogP contribution in [0.3, 0.4) is 0 Å². The normalized spacial score (nSPS) is 12.5. The summed E-state index contributed by atoms with van der Waals surface area (Å²) in [6, 6.07) is 12.6. The van der Waals surface area contributed by atoms with Crippen LogP contribution in [-0.2, 0) is 0 Å². The first-order chi connectivity index (χ1) is 12.5. The van der Waals surface area contributed by atoms with Crippen molar-refractivity contribution < 1.29 is 0 Å². The molecule has 26 heavy (non-hydrogen) atoms. The topological polar surface area (TPSA) is 28.5 Å². The van der Waals surface area contributed by atoms with Gasteiger partial charge in [-0.1, -0.05) is 43.0 Å². The average Bonchev–Trinajstić information content (AvgIpc) is 2.64. The maximum Gasteiger partial charge on any atom is 0.0705 e. The van der Waals surface area contributed by atoms with Crippen molar-refractivity contribution >= 4 is 17.4 Å². The zero-order chi connectivity index (χ0) is 19.1. The molecule has 0 amide bonds. The minimum absolute atomic E-state index is 0.963. The van der Waals surface area contributed by atoms with Crippen molar-refractivity contribution in [3.63, 3.8) is 0 Å². The van der Waals surface area contributed by atoms with E-state index in [2.05, 4.69) is 60.2 Å². The van der Waals surface area contributed by atoms with Crippen LogP contribution in [0.1, 0.15) is 23.7 Å². The standard InChI is InChI=1S/C23H27N3/c1-7-18(15-24-4)22-12-13-23(25-17(22)3)21-11-9-10-20(14-21)19(8-2)16-26(5)6/h7-16H,2H2,1,3-6H3/b18-7+,19-16+,24-15-. The number of allylic oxidation sites excluding steroid dienone is 4.